The number of nitrogens with zero attached hydrogens (tertiary/aromatic N) is 4. The molecule has 0 aromatic carbocycles. The fourth-order valence-corrected chi connectivity index (χ4v) is 2.44. The normalized spacial score (nSPS) is 25.1. The van der Waals surface area contributed by atoms with E-state index in [1.54, 1.807) is 13.8 Å². The van der Waals surface area contributed by atoms with Crippen LogP contribution >= 0.6 is 0 Å². The molecule has 0 bridgehead atoms. The Kier molecular flexibility index (Phi) is 2.89. The van der Waals surface area contributed by atoms with E-state index in [0.717, 1.165) is 19.3 Å². The number of tetrazole rings is 1. The molecule has 6 heteroatoms. The number of carboxylic acid groups (broad SMARTS) is 1. The van der Waals surface area contributed by atoms with Crippen LogP contribution in [-0.2, 0) is 10.3 Å². The van der Waals surface area contributed by atoms with Crippen molar-refractivity contribution in [1.29, 1.82) is 0 Å². The van der Waals surface area contributed by atoms with Crippen LogP contribution in [0.4, 0.5) is 0 Å². The molecule has 94 valence electrons. The molecule has 1 aliphatic carbocycles. The Morgan fingerprint density at radius 1 is 1.47 bits per heavy atom. The zero-order chi connectivity index (χ0) is 12.6. The van der Waals surface area contributed by atoms with E-state index in [2.05, 4.69) is 22.4 Å². The van der Waals surface area contributed by atoms with E-state index in [1.165, 1.54) is 4.68 Å². The minimum Gasteiger partial charge on any atom is -0.479 e. The molecule has 1 fully saturated rings. The summed E-state index contributed by atoms with van der Waals surface area (Å²) in [6.45, 7) is 5.41. The van der Waals surface area contributed by atoms with Crippen LogP contribution in [0.2, 0.25) is 0 Å². The van der Waals surface area contributed by atoms with Gasteiger partial charge in [-0.05, 0) is 43.0 Å². The van der Waals surface area contributed by atoms with Gasteiger partial charge < -0.3 is 5.11 Å². The molecule has 17 heavy (non-hydrogen) atoms. The van der Waals surface area contributed by atoms with Gasteiger partial charge in [0.1, 0.15) is 0 Å². The minimum absolute atomic E-state index is 0.281. The zero-order valence-corrected chi connectivity index (χ0v) is 10.4. The standard InChI is InChI=1S/C11H18N4O2/c1-7-5-4-6-8(7)9-12-13-14-15(9)11(2,3)10(16)17/h7-8H,4-6H2,1-3H3,(H,16,17). The first kappa shape index (κ1) is 12.0. The summed E-state index contributed by atoms with van der Waals surface area (Å²) in [5.74, 6) is 0.590. The van der Waals surface area contributed by atoms with Crippen LogP contribution in [0, 0.1) is 5.92 Å². The Hall–Kier alpha value is -1.46. The summed E-state index contributed by atoms with van der Waals surface area (Å²) in [6.07, 6.45) is 3.36. The van der Waals surface area contributed by atoms with Crippen molar-refractivity contribution in [2.45, 2.75) is 51.5 Å². The van der Waals surface area contributed by atoms with Gasteiger partial charge in [-0.3, -0.25) is 0 Å². The van der Waals surface area contributed by atoms with E-state index in [4.69, 9.17) is 0 Å². The molecule has 2 rings (SSSR count). The van der Waals surface area contributed by atoms with Crippen LogP contribution in [0.1, 0.15) is 51.8 Å². The number of rotatable bonds is 3. The molecular weight excluding hydrogens is 220 g/mol. The maximum absolute atomic E-state index is 11.3. The van der Waals surface area contributed by atoms with Crippen LogP contribution in [0.15, 0.2) is 0 Å². The number of aromatic nitrogens is 4. The Balaban J connectivity index is 2.38. The summed E-state index contributed by atoms with van der Waals surface area (Å²) in [5.41, 5.74) is -1.10. The van der Waals surface area contributed by atoms with Gasteiger partial charge in [0.15, 0.2) is 11.4 Å². The lowest BCUT2D eigenvalue weighted by molar-refractivity contribution is -0.146. The summed E-state index contributed by atoms with van der Waals surface area (Å²) in [4.78, 5) is 11.3. The predicted molar refractivity (Wildman–Crippen MR) is 60.5 cm³/mol. The summed E-state index contributed by atoms with van der Waals surface area (Å²) in [6, 6.07) is 0. The lowest BCUT2D eigenvalue weighted by Gasteiger charge is -2.23. The van der Waals surface area contributed by atoms with Crippen LogP contribution in [0.3, 0.4) is 0 Å². The third kappa shape index (κ3) is 1.92. The van der Waals surface area contributed by atoms with Gasteiger partial charge in [-0.1, -0.05) is 13.3 Å². The monoisotopic (exact) mass is 238 g/mol. The van der Waals surface area contributed by atoms with Gasteiger partial charge in [-0.25, -0.2) is 9.48 Å². The second kappa shape index (κ2) is 4.09. The van der Waals surface area contributed by atoms with Crippen LogP contribution in [0.5, 0.6) is 0 Å². The van der Waals surface area contributed by atoms with Crippen molar-refractivity contribution >= 4 is 5.97 Å². The first-order valence-corrected chi connectivity index (χ1v) is 5.96. The van der Waals surface area contributed by atoms with Crippen molar-refractivity contribution < 1.29 is 9.90 Å². The average Bonchev–Trinajstić information content (AvgIpc) is 2.84. The lowest BCUT2D eigenvalue weighted by atomic mass is 9.96. The molecule has 6 nitrogen and oxygen atoms in total. The van der Waals surface area contributed by atoms with Crippen molar-refractivity contribution in [2.24, 2.45) is 5.92 Å². The van der Waals surface area contributed by atoms with E-state index >= 15 is 0 Å². The molecule has 1 heterocycles. The molecule has 1 N–H and O–H groups in total. The molecule has 1 saturated carbocycles. The van der Waals surface area contributed by atoms with E-state index in [9.17, 15) is 9.90 Å². The Bertz CT molecular complexity index is 427. The molecule has 0 radical (unpaired) electrons. The average molecular weight is 238 g/mol. The highest BCUT2D eigenvalue weighted by Gasteiger charge is 2.38. The number of carboxylic acids is 1. The van der Waals surface area contributed by atoms with Crippen molar-refractivity contribution in [3.63, 3.8) is 0 Å². The fraction of sp³-hybridized carbons (Fsp3) is 0.818. The summed E-state index contributed by atoms with van der Waals surface area (Å²) in [5, 5.41) is 20.8. The SMILES string of the molecule is CC1CCCC1c1nnnn1C(C)(C)C(=O)O. The third-order valence-electron chi connectivity index (χ3n) is 3.74. The molecule has 1 aliphatic rings. The largest absolute Gasteiger partial charge is 0.479 e. The number of carbonyl (C=O) groups is 1. The van der Waals surface area contributed by atoms with Crippen LogP contribution < -0.4 is 0 Å². The second-order valence-electron chi connectivity index (χ2n) is 5.33. The first-order chi connectivity index (χ1) is 7.94. The van der Waals surface area contributed by atoms with Gasteiger partial charge >= 0.3 is 5.97 Å². The highest BCUT2D eigenvalue weighted by molar-refractivity contribution is 5.75. The Morgan fingerprint density at radius 3 is 2.71 bits per heavy atom. The molecule has 0 saturated heterocycles. The van der Waals surface area contributed by atoms with Gasteiger partial charge in [-0.2, -0.15) is 0 Å². The number of hydrogen-bond acceptors (Lipinski definition) is 4. The second-order valence-corrected chi connectivity index (χ2v) is 5.33. The van der Waals surface area contributed by atoms with E-state index in [1.807, 2.05) is 0 Å². The number of aliphatic carboxylic acids is 1. The first-order valence-electron chi connectivity index (χ1n) is 5.96. The summed E-state index contributed by atoms with van der Waals surface area (Å²) in [7, 11) is 0. The predicted octanol–water partition coefficient (Wildman–Crippen LogP) is 1.40. The van der Waals surface area contributed by atoms with E-state index in [0.29, 0.717) is 11.7 Å². The Labute approximate surface area is 100 Å². The highest BCUT2D eigenvalue weighted by Crippen LogP contribution is 2.39. The number of hydrogen-bond donors (Lipinski definition) is 1. The van der Waals surface area contributed by atoms with Gasteiger partial charge in [0.25, 0.3) is 0 Å². The van der Waals surface area contributed by atoms with Gasteiger partial charge in [-0.15, -0.1) is 5.10 Å². The van der Waals surface area contributed by atoms with Crippen LogP contribution in [-0.4, -0.2) is 31.3 Å². The van der Waals surface area contributed by atoms with Gasteiger partial charge in [0.05, 0.1) is 0 Å². The Morgan fingerprint density at radius 2 is 2.18 bits per heavy atom. The molecule has 2 unspecified atom stereocenters. The van der Waals surface area contributed by atoms with E-state index < -0.39 is 11.5 Å². The highest BCUT2D eigenvalue weighted by atomic mass is 16.4. The van der Waals surface area contributed by atoms with Crippen LogP contribution in [0.25, 0.3) is 0 Å². The topological polar surface area (TPSA) is 80.9 Å². The van der Waals surface area contributed by atoms with Gasteiger partial charge in [0.2, 0.25) is 0 Å². The maximum Gasteiger partial charge on any atom is 0.331 e. The van der Waals surface area contributed by atoms with Gasteiger partial charge in [0, 0.05) is 5.92 Å². The van der Waals surface area contributed by atoms with Crippen molar-refractivity contribution in [3.8, 4) is 0 Å². The van der Waals surface area contributed by atoms with Crippen molar-refractivity contribution in [3.05, 3.63) is 5.82 Å². The van der Waals surface area contributed by atoms with Crippen molar-refractivity contribution in [2.75, 3.05) is 0 Å². The smallest absolute Gasteiger partial charge is 0.331 e. The molecular formula is C11H18N4O2. The molecule has 1 aromatic heterocycles. The third-order valence-corrected chi connectivity index (χ3v) is 3.74. The lowest BCUT2D eigenvalue weighted by Crippen LogP contribution is -2.38. The molecule has 0 spiro atoms. The van der Waals surface area contributed by atoms with E-state index in [-0.39, 0.29) is 5.92 Å². The fourth-order valence-electron chi connectivity index (χ4n) is 2.44. The molecule has 2 atom stereocenters. The maximum atomic E-state index is 11.3. The molecule has 0 amide bonds. The zero-order valence-electron chi connectivity index (χ0n) is 10.4. The summed E-state index contributed by atoms with van der Waals surface area (Å²) >= 11 is 0. The molecule has 1 aromatic rings. The van der Waals surface area contributed by atoms with Crippen molar-refractivity contribution in [1.82, 2.24) is 20.2 Å². The summed E-state index contributed by atoms with van der Waals surface area (Å²) < 4.78 is 1.46. The molecule has 0 aliphatic heterocycles. The minimum atomic E-state index is -1.10. The quantitative estimate of drug-likeness (QED) is 0.860.